The minimum Gasteiger partial charge on any atom is -0.356 e. The number of fused-ring (bicyclic) bond motifs is 1. The maximum absolute atomic E-state index is 12.4. The van der Waals surface area contributed by atoms with Crippen LogP contribution in [0, 0.1) is 11.8 Å². The smallest absolute Gasteiger partial charge is 0.223 e. The van der Waals surface area contributed by atoms with Gasteiger partial charge in [-0.05, 0) is 55.6 Å². The third-order valence-corrected chi connectivity index (χ3v) is 5.83. The lowest BCUT2D eigenvalue weighted by Crippen LogP contribution is -2.38. The second-order valence-corrected chi connectivity index (χ2v) is 7.88. The van der Waals surface area contributed by atoms with Crippen molar-refractivity contribution in [2.45, 2.75) is 49.8 Å². The molecule has 1 amide bonds. The minimum atomic E-state index is 0.170. The number of nitrogens with one attached hydrogen (secondary N) is 1. The van der Waals surface area contributed by atoms with E-state index in [9.17, 15) is 4.79 Å². The van der Waals surface area contributed by atoms with Crippen LogP contribution < -0.4 is 5.32 Å². The summed E-state index contributed by atoms with van der Waals surface area (Å²) in [6.45, 7) is 0.860. The first-order chi connectivity index (χ1) is 10.2. The predicted molar refractivity (Wildman–Crippen MR) is 89.6 cm³/mol. The average molecular weight is 350 g/mol. The van der Waals surface area contributed by atoms with Gasteiger partial charge in [-0.2, -0.15) is 0 Å². The van der Waals surface area contributed by atoms with E-state index in [2.05, 4.69) is 45.5 Å². The predicted octanol–water partition coefficient (Wildman–Crippen LogP) is 3.86. The highest BCUT2D eigenvalue weighted by Gasteiger charge is 2.26. The number of hydrogen-bond donors (Lipinski definition) is 1. The normalized spacial score (nSPS) is 28.7. The zero-order chi connectivity index (χ0) is 14.7. The van der Waals surface area contributed by atoms with Crippen molar-refractivity contribution in [3.8, 4) is 0 Å². The lowest BCUT2D eigenvalue weighted by atomic mass is 9.83. The summed E-state index contributed by atoms with van der Waals surface area (Å²) in [5.74, 6) is 1.09. The second-order valence-electron chi connectivity index (χ2n) is 6.58. The molecular weight excluding hydrogens is 326 g/mol. The lowest BCUT2D eigenvalue weighted by Gasteiger charge is -2.28. The van der Waals surface area contributed by atoms with Crippen molar-refractivity contribution < 1.29 is 4.79 Å². The van der Waals surface area contributed by atoms with Gasteiger partial charge in [0.1, 0.15) is 0 Å². The number of rotatable bonds is 3. The van der Waals surface area contributed by atoms with Gasteiger partial charge < -0.3 is 5.32 Å². The third kappa shape index (κ3) is 3.88. The Balaban J connectivity index is 1.50. The van der Waals surface area contributed by atoms with Crippen molar-refractivity contribution >= 4 is 21.8 Å². The Labute approximate surface area is 135 Å². The Kier molecular flexibility index (Phi) is 4.99. The van der Waals surface area contributed by atoms with Crippen molar-refractivity contribution in [2.24, 2.45) is 11.8 Å². The van der Waals surface area contributed by atoms with Crippen LogP contribution in [0.5, 0.6) is 0 Å². The molecule has 2 nitrogen and oxygen atoms in total. The summed E-state index contributed by atoms with van der Waals surface area (Å²) < 4.78 is 0. The monoisotopic (exact) mass is 349 g/mol. The Morgan fingerprint density at radius 2 is 2.00 bits per heavy atom. The van der Waals surface area contributed by atoms with Crippen LogP contribution in [0.1, 0.15) is 43.2 Å². The summed E-state index contributed by atoms with van der Waals surface area (Å²) in [6.07, 6.45) is 7.98. The molecule has 3 heteroatoms. The summed E-state index contributed by atoms with van der Waals surface area (Å²) in [6, 6.07) is 8.54. The molecule has 0 saturated heterocycles. The number of amides is 1. The van der Waals surface area contributed by atoms with Crippen LogP contribution in [0.4, 0.5) is 0 Å². The molecule has 3 atom stereocenters. The van der Waals surface area contributed by atoms with E-state index in [0.29, 0.717) is 10.7 Å². The Morgan fingerprint density at radius 3 is 2.81 bits per heavy atom. The van der Waals surface area contributed by atoms with Gasteiger partial charge in [0.2, 0.25) is 5.91 Å². The Hall–Kier alpha value is -0.830. The molecule has 1 aromatic carbocycles. The fraction of sp³-hybridized carbons (Fsp3) is 0.611. The van der Waals surface area contributed by atoms with Crippen LogP contribution in [-0.4, -0.2) is 17.3 Å². The summed E-state index contributed by atoms with van der Waals surface area (Å²) >= 11 is 3.72. The summed E-state index contributed by atoms with van der Waals surface area (Å²) in [5, 5.41) is 3.21. The molecule has 0 aromatic heterocycles. The third-order valence-electron chi connectivity index (χ3n) is 5.00. The number of benzene rings is 1. The molecule has 0 heterocycles. The molecule has 0 spiro atoms. The molecule has 0 bridgehead atoms. The van der Waals surface area contributed by atoms with Crippen molar-refractivity contribution in [1.29, 1.82) is 0 Å². The van der Waals surface area contributed by atoms with E-state index in [-0.39, 0.29) is 11.8 Å². The fourth-order valence-corrected chi connectivity index (χ4v) is 4.57. The number of aryl methyl sites for hydroxylation is 1. The molecule has 1 saturated carbocycles. The van der Waals surface area contributed by atoms with E-state index in [1.807, 2.05) is 0 Å². The van der Waals surface area contributed by atoms with Gasteiger partial charge in [-0.15, -0.1) is 0 Å². The SMILES string of the molecule is O=C(NCC1CCCC(Br)C1)C1CCc2ccccc2C1. The molecule has 3 unspecified atom stereocenters. The number of alkyl halides is 1. The molecule has 114 valence electrons. The van der Waals surface area contributed by atoms with Crippen molar-refractivity contribution in [3.63, 3.8) is 0 Å². The Morgan fingerprint density at radius 1 is 1.19 bits per heavy atom. The largest absolute Gasteiger partial charge is 0.356 e. The van der Waals surface area contributed by atoms with Crippen LogP contribution in [0.15, 0.2) is 24.3 Å². The van der Waals surface area contributed by atoms with Crippen LogP contribution in [0.3, 0.4) is 0 Å². The molecule has 0 radical (unpaired) electrons. The summed E-state index contributed by atoms with van der Waals surface area (Å²) in [4.78, 5) is 13.1. The van der Waals surface area contributed by atoms with Gasteiger partial charge in [-0.1, -0.05) is 46.6 Å². The quantitative estimate of drug-likeness (QED) is 0.824. The molecule has 3 rings (SSSR count). The van der Waals surface area contributed by atoms with Gasteiger partial charge >= 0.3 is 0 Å². The van der Waals surface area contributed by atoms with E-state index < -0.39 is 0 Å². The molecule has 1 aromatic rings. The van der Waals surface area contributed by atoms with Crippen molar-refractivity contribution in [2.75, 3.05) is 6.54 Å². The minimum absolute atomic E-state index is 0.170. The number of halogens is 1. The van der Waals surface area contributed by atoms with Crippen molar-refractivity contribution in [1.82, 2.24) is 5.32 Å². The number of carbonyl (C=O) groups excluding carboxylic acids is 1. The van der Waals surface area contributed by atoms with Crippen LogP contribution >= 0.6 is 15.9 Å². The zero-order valence-electron chi connectivity index (χ0n) is 12.5. The first-order valence-electron chi connectivity index (χ1n) is 8.21. The van der Waals surface area contributed by atoms with E-state index in [4.69, 9.17) is 0 Å². The highest BCUT2D eigenvalue weighted by atomic mass is 79.9. The maximum Gasteiger partial charge on any atom is 0.223 e. The first kappa shape index (κ1) is 15.1. The van der Waals surface area contributed by atoms with Gasteiger partial charge in [0, 0.05) is 17.3 Å². The zero-order valence-corrected chi connectivity index (χ0v) is 14.1. The lowest BCUT2D eigenvalue weighted by molar-refractivity contribution is -0.125. The van der Waals surface area contributed by atoms with Crippen LogP contribution in [0.25, 0.3) is 0 Å². The number of hydrogen-bond acceptors (Lipinski definition) is 1. The molecule has 21 heavy (non-hydrogen) atoms. The molecule has 2 aliphatic rings. The van der Waals surface area contributed by atoms with Gasteiger partial charge in [0.15, 0.2) is 0 Å². The first-order valence-corrected chi connectivity index (χ1v) is 9.12. The summed E-state index contributed by atoms with van der Waals surface area (Å²) in [7, 11) is 0. The second kappa shape index (κ2) is 6.95. The van der Waals surface area contributed by atoms with Crippen molar-refractivity contribution in [3.05, 3.63) is 35.4 Å². The van der Waals surface area contributed by atoms with Crippen LogP contribution in [-0.2, 0) is 17.6 Å². The highest BCUT2D eigenvalue weighted by molar-refractivity contribution is 9.09. The van der Waals surface area contributed by atoms with E-state index >= 15 is 0 Å². The van der Waals surface area contributed by atoms with Gasteiger partial charge in [-0.25, -0.2) is 0 Å². The topological polar surface area (TPSA) is 29.1 Å². The van der Waals surface area contributed by atoms with Gasteiger partial charge in [0.25, 0.3) is 0 Å². The molecule has 0 aliphatic heterocycles. The fourth-order valence-electron chi connectivity index (χ4n) is 3.72. The van der Waals surface area contributed by atoms with E-state index in [1.54, 1.807) is 0 Å². The van der Waals surface area contributed by atoms with E-state index in [0.717, 1.165) is 25.8 Å². The van der Waals surface area contributed by atoms with Crippen LogP contribution in [0.2, 0.25) is 0 Å². The molecular formula is C18H24BrNO. The standard InChI is InChI=1S/C18H24BrNO/c19-17-7-3-4-13(10-17)12-20-18(21)16-9-8-14-5-1-2-6-15(14)11-16/h1-2,5-6,13,16-17H,3-4,7-12H2,(H,20,21). The summed E-state index contributed by atoms with van der Waals surface area (Å²) in [5.41, 5.74) is 2.79. The van der Waals surface area contributed by atoms with E-state index in [1.165, 1.54) is 36.8 Å². The Bertz CT molecular complexity index is 502. The molecule has 1 fully saturated rings. The average Bonchev–Trinajstić information content (AvgIpc) is 2.52. The number of carbonyl (C=O) groups is 1. The molecule has 1 N–H and O–H groups in total. The maximum atomic E-state index is 12.4. The van der Waals surface area contributed by atoms with Gasteiger partial charge in [-0.3, -0.25) is 4.79 Å². The van der Waals surface area contributed by atoms with Gasteiger partial charge in [0.05, 0.1) is 0 Å². The highest BCUT2D eigenvalue weighted by Crippen LogP contribution is 2.29. The molecule has 2 aliphatic carbocycles.